The van der Waals surface area contributed by atoms with Gasteiger partial charge in [0.2, 0.25) is 5.91 Å². The zero-order valence-corrected chi connectivity index (χ0v) is 14.3. The Balaban J connectivity index is 1.56. The summed E-state index contributed by atoms with van der Waals surface area (Å²) in [6.07, 6.45) is 2.17. The van der Waals surface area contributed by atoms with E-state index in [4.69, 9.17) is 4.74 Å². The number of amides is 1. The summed E-state index contributed by atoms with van der Waals surface area (Å²) < 4.78 is 5.32. The topological polar surface area (TPSA) is 41.6 Å². The van der Waals surface area contributed by atoms with Gasteiger partial charge in [-0.05, 0) is 37.1 Å². The van der Waals surface area contributed by atoms with Gasteiger partial charge in [-0.3, -0.25) is 9.69 Å². The summed E-state index contributed by atoms with van der Waals surface area (Å²) in [7, 11) is 3.67. The average molecular weight is 324 g/mol. The lowest BCUT2D eigenvalue weighted by molar-refractivity contribution is -0.122. The summed E-state index contributed by atoms with van der Waals surface area (Å²) in [5.74, 6) is 0.837. The molecule has 3 rings (SSSR count). The number of ether oxygens (including phenoxy) is 1. The van der Waals surface area contributed by atoms with E-state index >= 15 is 0 Å². The second-order valence-electron chi connectivity index (χ2n) is 6.26. The smallest absolute Gasteiger partial charge is 0.234 e. The van der Waals surface area contributed by atoms with Gasteiger partial charge in [-0.1, -0.05) is 42.5 Å². The molecule has 2 aromatic carbocycles. The van der Waals surface area contributed by atoms with Crippen molar-refractivity contribution in [3.8, 4) is 5.75 Å². The predicted octanol–water partition coefficient (Wildman–Crippen LogP) is 2.93. The number of benzene rings is 2. The maximum absolute atomic E-state index is 12.3. The third-order valence-corrected chi connectivity index (χ3v) is 4.69. The van der Waals surface area contributed by atoms with Crippen LogP contribution in [0.5, 0.6) is 5.75 Å². The van der Waals surface area contributed by atoms with Crippen LogP contribution >= 0.6 is 0 Å². The molecule has 1 unspecified atom stereocenters. The zero-order valence-electron chi connectivity index (χ0n) is 14.3. The van der Waals surface area contributed by atoms with Crippen LogP contribution in [0.4, 0.5) is 0 Å². The fourth-order valence-electron chi connectivity index (χ4n) is 3.43. The van der Waals surface area contributed by atoms with Crippen molar-refractivity contribution in [1.82, 2.24) is 10.2 Å². The van der Waals surface area contributed by atoms with Gasteiger partial charge in [0.25, 0.3) is 0 Å². The maximum Gasteiger partial charge on any atom is 0.234 e. The molecule has 0 heterocycles. The Hall–Kier alpha value is -2.33. The predicted molar refractivity (Wildman–Crippen MR) is 95.0 cm³/mol. The molecule has 0 fully saturated rings. The largest absolute Gasteiger partial charge is 0.496 e. The molecule has 0 aliphatic heterocycles. The van der Waals surface area contributed by atoms with E-state index in [1.807, 2.05) is 31.3 Å². The Morgan fingerprint density at radius 3 is 2.79 bits per heavy atom. The van der Waals surface area contributed by atoms with Crippen LogP contribution in [0.2, 0.25) is 0 Å². The number of fused-ring (bicyclic) bond motifs is 1. The number of methoxy groups -OCH3 is 1. The van der Waals surface area contributed by atoms with E-state index < -0.39 is 0 Å². The van der Waals surface area contributed by atoms with Crippen molar-refractivity contribution in [3.05, 3.63) is 65.2 Å². The number of aryl methyl sites for hydroxylation is 1. The van der Waals surface area contributed by atoms with Gasteiger partial charge in [-0.25, -0.2) is 0 Å². The summed E-state index contributed by atoms with van der Waals surface area (Å²) in [6.45, 7) is 0.881. The number of carbonyl (C=O) groups excluding carboxylic acids is 1. The van der Waals surface area contributed by atoms with Gasteiger partial charge >= 0.3 is 0 Å². The highest BCUT2D eigenvalue weighted by Gasteiger charge is 2.26. The average Bonchev–Trinajstić information content (AvgIpc) is 3.04. The van der Waals surface area contributed by atoms with Gasteiger partial charge < -0.3 is 10.1 Å². The Kier molecular flexibility index (Phi) is 5.16. The molecule has 2 aromatic rings. The minimum absolute atomic E-state index is 0.0350. The van der Waals surface area contributed by atoms with E-state index in [0.717, 1.165) is 24.2 Å². The molecule has 0 saturated heterocycles. The minimum atomic E-state index is 0.0350. The van der Waals surface area contributed by atoms with E-state index in [0.29, 0.717) is 19.1 Å². The molecule has 1 N–H and O–H groups in total. The van der Waals surface area contributed by atoms with Gasteiger partial charge in [0.1, 0.15) is 5.75 Å². The number of nitrogens with zero attached hydrogens (tertiary/aromatic N) is 1. The van der Waals surface area contributed by atoms with E-state index in [9.17, 15) is 4.79 Å². The van der Waals surface area contributed by atoms with Crippen molar-refractivity contribution < 1.29 is 9.53 Å². The van der Waals surface area contributed by atoms with E-state index in [1.54, 1.807) is 7.11 Å². The van der Waals surface area contributed by atoms with Crippen LogP contribution in [0.3, 0.4) is 0 Å². The maximum atomic E-state index is 12.3. The van der Waals surface area contributed by atoms with Gasteiger partial charge in [-0.15, -0.1) is 0 Å². The SMILES string of the molecule is COc1ccccc1CNC(=O)CN(C)C1CCc2ccccc21. The van der Waals surface area contributed by atoms with Crippen molar-refractivity contribution in [2.45, 2.75) is 25.4 Å². The summed E-state index contributed by atoms with van der Waals surface area (Å²) in [6, 6.07) is 16.6. The molecule has 1 atom stereocenters. The molecule has 4 heteroatoms. The normalized spacial score (nSPS) is 16.0. The molecule has 0 aromatic heterocycles. The first kappa shape index (κ1) is 16.5. The van der Waals surface area contributed by atoms with E-state index in [-0.39, 0.29) is 5.91 Å². The molecule has 0 spiro atoms. The van der Waals surface area contributed by atoms with Crippen LogP contribution in [0.15, 0.2) is 48.5 Å². The van der Waals surface area contributed by atoms with Crippen LogP contribution < -0.4 is 10.1 Å². The van der Waals surface area contributed by atoms with Crippen molar-refractivity contribution in [3.63, 3.8) is 0 Å². The second-order valence-corrected chi connectivity index (χ2v) is 6.26. The standard InChI is InChI=1S/C20H24N2O2/c1-22(18-12-11-15-7-3-5-9-17(15)18)14-20(23)21-13-16-8-4-6-10-19(16)24-2/h3-10,18H,11-14H2,1-2H3,(H,21,23). The molecule has 24 heavy (non-hydrogen) atoms. The van der Waals surface area contributed by atoms with Gasteiger partial charge in [0, 0.05) is 18.2 Å². The van der Waals surface area contributed by atoms with E-state index in [2.05, 4.69) is 34.5 Å². The van der Waals surface area contributed by atoms with Crippen LogP contribution in [-0.4, -0.2) is 31.5 Å². The highest BCUT2D eigenvalue weighted by Crippen LogP contribution is 2.34. The minimum Gasteiger partial charge on any atom is -0.496 e. The molecular formula is C20H24N2O2. The molecular weight excluding hydrogens is 300 g/mol. The van der Waals surface area contributed by atoms with Gasteiger partial charge in [0.15, 0.2) is 0 Å². The monoisotopic (exact) mass is 324 g/mol. The highest BCUT2D eigenvalue weighted by atomic mass is 16.5. The first-order valence-corrected chi connectivity index (χ1v) is 8.35. The Labute approximate surface area is 143 Å². The quantitative estimate of drug-likeness (QED) is 0.888. The molecule has 1 aliphatic carbocycles. The lowest BCUT2D eigenvalue weighted by atomic mass is 10.1. The second kappa shape index (κ2) is 7.49. The van der Waals surface area contributed by atoms with Crippen molar-refractivity contribution in [1.29, 1.82) is 0 Å². The summed E-state index contributed by atoms with van der Waals surface area (Å²) in [5.41, 5.74) is 3.75. The van der Waals surface area contributed by atoms with E-state index in [1.165, 1.54) is 11.1 Å². The number of hydrogen-bond donors (Lipinski definition) is 1. The van der Waals surface area contributed by atoms with Crippen molar-refractivity contribution in [2.75, 3.05) is 20.7 Å². The van der Waals surface area contributed by atoms with Crippen LogP contribution in [-0.2, 0) is 17.8 Å². The van der Waals surface area contributed by atoms with Crippen LogP contribution in [0.1, 0.15) is 29.2 Å². The van der Waals surface area contributed by atoms with Crippen LogP contribution in [0, 0.1) is 0 Å². The molecule has 4 nitrogen and oxygen atoms in total. The number of nitrogens with one attached hydrogen (secondary N) is 1. The van der Waals surface area contributed by atoms with Crippen molar-refractivity contribution >= 4 is 5.91 Å². The fraction of sp³-hybridized carbons (Fsp3) is 0.350. The highest BCUT2D eigenvalue weighted by molar-refractivity contribution is 5.78. The molecule has 1 amide bonds. The summed E-state index contributed by atoms with van der Waals surface area (Å²) in [5, 5.41) is 2.99. The van der Waals surface area contributed by atoms with Gasteiger partial charge in [-0.2, -0.15) is 0 Å². The third-order valence-electron chi connectivity index (χ3n) is 4.69. The first-order chi connectivity index (χ1) is 11.7. The Morgan fingerprint density at radius 1 is 1.21 bits per heavy atom. The summed E-state index contributed by atoms with van der Waals surface area (Å²) in [4.78, 5) is 14.4. The number of likely N-dealkylation sites (N-methyl/N-ethyl adjacent to an activating group) is 1. The number of rotatable bonds is 6. The molecule has 0 saturated carbocycles. The van der Waals surface area contributed by atoms with Gasteiger partial charge in [0.05, 0.1) is 13.7 Å². The third kappa shape index (κ3) is 3.60. The number of carbonyl (C=O) groups is 1. The Morgan fingerprint density at radius 2 is 1.96 bits per heavy atom. The van der Waals surface area contributed by atoms with Crippen LogP contribution in [0.25, 0.3) is 0 Å². The molecule has 0 radical (unpaired) electrons. The molecule has 0 bridgehead atoms. The molecule has 126 valence electrons. The number of para-hydroxylation sites is 1. The zero-order chi connectivity index (χ0) is 16.9. The summed E-state index contributed by atoms with van der Waals surface area (Å²) >= 11 is 0. The van der Waals surface area contributed by atoms with Crippen molar-refractivity contribution in [2.24, 2.45) is 0 Å². The lowest BCUT2D eigenvalue weighted by Crippen LogP contribution is -2.36. The number of hydrogen-bond acceptors (Lipinski definition) is 3. The Bertz CT molecular complexity index is 714. The first-order valence-electron chi connectivity index (χ1n) is 8.35. The lowest BCUT2D eigenvalue weighted by Gasteiger charge is -2.24. The molecule has 1 aliphatic rings. The fourth-order valence-corrected chi connectivity index (χ4v) is 3.43.